The van der Waals surface area contributed by atoms with Gasteiger partial charge in [-0.15, -0.1) is 0 Å². The molecule has 0 rings (SSSR count). The normalized spacial score (nSPS) is 11.4. The van der Waals surface area contributed by atoms with Crippen molar-refractivity contribution >= 4 is 0 Å². The van der Waals surface area contributed by atoms with Crippen LogP contribution in [0.15, 0.2) is 10.2 Å². The molecule has 0 aliphatic rings. The minimum atomic E-state index is 0.179. The second kappa shape index (κ2) is 13.7. The topological polar surface area (TPSA) is 97.5 Å². The molecule has 0 amide bonds. The molecule has 1 atom stereocenters. The molecule has 0 aliphatic carbocycles. The van der Waals surface area contributed by atoms with E-state index in [1.165, 1.54) is 25.7 Å². The first-order valence-corrected chi connectivity index (χ1v) is 6.90. The lowest BCUT2D eigenvalue weighted by atomic mass is 10.0. The Morgan fingerprint density at radius 1 is 0.889 bits per heavy atom. The van der Waals surface area contributed by atoms with Crippen molar-refractivity contribution in [3.8, 4) is 0 Å². The van der Waals surface area contributed by atoms with E-state index in [-0.39, 0.29) is 6.04 Å². The fourth-order valence-corrected chi connectivity index (χ4v) is 1.91. The van der Waals surface area contributed by atoms with E-state index in [4.69, 9.17) is 11.1 Å². The number of rotatable bonds is 12. The highest BCUT2D eigenvalue weighted by molar-refractivity contribution is 4.64. The molecule has 0 saturated carbocycles. The van der Waals surface area contributed by atoms with Crippen LogP contribution in [0.4, 0.5) is 0 Å². The highest BCUT2D eigenvalue weighted by Gasteiger charge is 2.02. The molecule has 0 radical (unpaired) electrons. The minimum absolute atomic E-state index is 0.179. The molecule has 0 heterocycles. The summed E-state index contributed by atoms with van der Waals surface area (Å²) >= 11 is 0. The van der Waals surface area contributed by atoms with Crippen molar-refractivity contribution in [3.05, 3.63) is 20.9 Å². The molecular formula is C12H24N6. The smallest absolute Gasteiger partial charge is 0.0371 e. The lowest BCUT2D eigenvalue weighted by Crippen LogP contribution is -2.00. The number of hydrogen-bond donors (Lipinski definition) is 0. The van der Waals surface area contributed by atoms with Crippen LogP contribution < -0.4 is 0 Å². The third-order valence-corrected chi connectivity index (χ3v) is 3.04. The van der Waals surface area contributed by atoms with Gasteiger partial charge in [-0.1, -0.05) is 55.7 Å². The standard InChI is InChI=1S/C12H24N6/c1-2-12(16-18-14)10-8-6-4-3-5-7-9-11-15-17-13/h12H,2-11H2,1H3. The van der Waals surface area contributed by atoms with Crippen LogP contribution >= 0.6 is 0 Å². The van der Waals surface area contributed by atoms with E-state index in [9.17, 15) is 0 Å². The summed E-state index contributed by atoms with van der Waals surface area (Å²) in [7, 11) is 0. The Kier molecular flexibility index (Phi) is 12.6. The molecule has 6 heteroatoms. The summed E-state index contributed by atoms with van der Waals surface area (Å²) in [5, 5.41) is 7.27. The molecule has 0 fully saturated rings. The quantitative estimate of drug-likeness (QED) is 0.189. The molecule has 0 aliphatic heterocycles. The highest BCUT2D eigenvalue weighted by atomic mass is 15.1. The van der Waals surface area contributed by atoms with Gasteiger partial charge in [0.1, 0.15) is 0 Å². The predicted molar refractivity (Wildman–Crippen MR) is 74.2 cm³/mol. The summed E-state index contributed by atoms with van der Waals surface area (Å²) in [4.78, 5) is 5.59. The van der Waals surface area contributed by atoms with E-state index in [1.807, 2.05) is 0 Å². The maximum atomic E-state index is 8.36. The van der Waals surface area contributed by atoms with Crippen molar-refractivity contribution in [2.75, 3.05) is 6.54 Å². The monoisotopic (exact) mass is 252 g/mol. The largest absolute Gasteiger partial charge is 0.0940 e. The van der Waals surface area contributed by atoms with E-state index in [2.05, 4.69) is 27.0 Å². The molecule has 0 spiro atoms. The Morgan fingerprint density at radius 2 is 1.50 bits per heavy atom. The molecule has 0 saturated heterocycles. The third-order valence-electron chi connectivity index (χ3n) is 3.04. The van der Waals surface area contributed by atoms with Gasteiger partial charge in [-0.25, -0.2) is 0 Å². The Balaban J connectivity index is 3.24. The van der Waals surface area contributed by atoms with Crippen LogP contribution in [0, 0.1) is 0 Å². The zero-order chi connectivity index (χ0) is 13.5. The highest BCUT2D eigenvalue weighted by Crippen LogP contribution is 2.13. The molecule has 102 valence electrons. The average Bonchev–Trinajstić information content (AvgIpc) is 2.39. The van der Waals surface area contributed by atoms with Crippen molar-refractivity contribution < 1.29 is 0 Å². The minimum Gasteiger partial charge on any atom is -0.0940 e. The molecular weight excluding hydrogens is 228 g/mol. The van der Waals surface area contributed by atoms with Gasteiger partial charge in [-0.2, -0.15) is 0 Å². The van der Waals surface area contributed by atoms with Gasteiger partial charge in [0.2, 0.25) is 0 Å². The summed E-state index contributed by atoms with van der Waals surface area (Å²) in [5.74, 6) is 0. The van der Waals surface area contributed by atoms with Crippen molar-refractivity contribution in [2.24, 2.45) is 10.2 Å². The molecule has 1 unspecified atom stereocenters. The average molecular weight is 252 g/mol. The molecule has 6 nitrogen and oxygen atoms in total. The molecule has 0 aromatic carbocycles. The van der Waals surface area contributed by atoms with Gasteiger partial charge in [-0.05, 0) is 30.3 Å². The van der Waals surface area contributed by atoms with Crippen LogP contribution in [-0.2, 0) is 0 Å². The molecule has 18 heavy (non-hydrogen) atoms. The van der Waals surface area contributed by atoms with Gasteiger partial charge in [-0.3, -0.25) is 0 Å². The van der Waals surface area contributed by atoms with E-state index in [0.29, 0.717) is 6.54 Å². The van der Waals surface area contributed by atoms with Gasteiger partial charge in [0.15, 0.2) is 0 Å². The van der Waals surface area contributed by atoms with Crippen molar-refractivity contribution in [1.82, 2.24) is 0 Å². The van der Waals surface area contributed by atoms with Crippen LogP contribution in [0.25, 0.3) is 20.9 Å². The first-order chi connectivity index (χ1) is 8.85. The second-order valence-electron chi connectivity index (χ2n) is 4.49. The molecule has 0 N–H and O–H groups in total. The molecule has 0 aromatic rings. The predicted octanol–water partition coefficient (Wildman–Crippen LogP) is 5.51. The van der Waals surface area contributed by atoms with Crippen LogP contribution in [0.1, 0.15) is 64.7 Å². The Bertz CT molecular complexity index is 278. The summed E-state index contributed by atoms with van der Waals surface area (Å²) in [6, 6.07) is 0.179. The van der Waals surface area contributed by atoms with E-state index >= 15 is 0 Å². The van der Waals surface area contributed by atoms with Gasteiger partial charge >= 0.3 is 0 Å². The Hall–Kier alpha value is -1.38. The fraction of sp³-hybridized carbons (Fsp3) is 1.00. The SMILES string of the molecule is CCC(CCCCCCCCCN=[N+]=[N-])N=[N+]=[N-]. The Morgan fingerprint density at radius 3 is 2.06 bits per heavy atom. The van der Waals surface area contributed by atoms with Crippen molar-refractivity contribution in [3.63, 3.8) is 0 Å². The first kappa shape index (κ1) is 16.6. The summed E-state index contributed by atoms with van der Waals surface area (Å²) in [5.41, 5.74) is 16.5. The Labute approximate surface area is 109 Å². The number of unbranched alkanes of at least 4 members (excludes halogenated alkanes) is 6. The van der Waals surface area contributed by atoms with E-state index in [1.54, 1.807) is 0 Å². The summed E-state index contributed by atoms with van der Waals surface area (Å²) in [6.45, 7) is 2.68. The third kappa shape index (κ3) is 11.1. The second-order valence-corrected chi connectivity index (χ2v) is 4.49. The fourth-order valence-electron chi connectivity index (χ4n) is 1.91. The summed E-state index contributed by atoms with van der Waals surface area (Å²) in [6.07, 6.45) is 10.2. The van der Waals surface area contributed by atoms with Crippen LogP contribution in [-0.4, -0.2) is 12.6 Å². The maximum Gasteiger partial charge on any atom is 0.0371 e. The number of nitrogens with zero attached hydrogens (tertiary/aromatic N) is 6. The summed E-state index contributed by atoms with van der Waals surface area (Å²) < 4.78 is 0. The van der Waals surface area contributed by atoms with Gasteiger partial charge < -0.3 is 0 Å². The van der Waals surface area contributed by atoms with Gasteiger partial charge in [0.05, 0.1) is 0 Å². The van der Waals surface area contributed by atoms with Crippen LogP contribution in [0.2, 0.25) is 0 Å². The molecule has 0 bridgehead atoms. The van der Waals surface area contributed by atoms with Gasteiger partial charge in [0.25, 0.3) is 0 Å². The lowest BCUT2D eigenvalue weighted by Gasteiger charge is -2.07. The molecule has 0 aromatic heterocycles. The van der Waals surface area contributed by atoms with Gasteiger partial charge in [0, 0.05) is 22.4 Å². The zero-order valence-corrected chi connectivity index (χ0v) is 11.3. The number of azide groups is 2. The van der Waals surface area contributed by atoms with Crippen LogP contribution in [0.3, 0.4) is 0 Å². The van der Waals surface area contributed by atoms with Crippen LogP contribution in [0.5, 0.6) is 0 Å². The number of hydrogen-bond acceptors (Lipinski definition) is 2. The van der Waals surface area contributed by atoms with E-state index in [0.717, 1.165) is 32.1 Å². The lowest BCUT2D eigenvalue weighted by molar-refractivity contribution is 0.519. The van der Waals surface area contributed by atoms with Crippen molar-refractivity contribution in [1.29, 1.82) is 0 Å². The van der Waals surface area contributed by atoms with Crippen molar-refractivity contribution in [2.45, 2.75) is 70.8 Å². The maximum absolute atomic E-state index is 8.36. The zero-order valence-electron chi connectivity index (χ0n) is 11.3. The van der Waals surface area contributed by atoms with E-state index < -0.39 is 0 Å². The first-order valence-electron chi connectivity index (χ1n) is 6.90.